The summed E-state index contributed by atoms with van der Waals surface area (Å²) in [5, 5.41) is 11.3. The monoisotopic (exact) mass is 281 g/mol. The van der Waals surface area contributed by atoms with E-state index in [0.29, 0.717) is 13.0 Å². The molecule has 0 unspecified atom stereocenters. The number of amides is 2. The Kier molecular flexibility index (Phi) is 4.64. The molecule has 0 spiro atoms. The van der Waals surface area contributed by atoms with Gasteiger partial charge in [0.15, 0.2) is 0 Å². The number of carbonyl (C=O) groups excluding carboxylic acids is 2. The standard InChI is InChI=1S/C14H23N3O3/c1-13(2,3)20-12(19)17-9-7-10(14(17,4)5)16-11(18)6-8-15/h10H,6-7,9H2,1-5H3,(H,16,18)/t10-/m0/s1. The molecular weight excluding hydrogens is 258 g/mol. The molecule has 1 saturated heterocycles. The van der Waals surface area contributed by atoms with E-state index < -0.39 is 11.1 Å². The van der Waals surface area contributed by atoms with Crippen molar-refractivity contribution in [3.63, 3.8) is 0 Å². The summed E-state index contributed by atoms with van der Waals surface area (Å²) < 4.78 is 5.38. The van der Waals surface area contributed by atoms with Crippen LogP contribution >= 0.6 is 0 Å². The van der Waals surface area contributed by atoms with Gasteiger partial charge in [-0.1, -0.05) is 0 Å². The molecule has 0 aromatic carbocycles. The van der Waals surface area contributed by atoms with Gasteiger partial charge in [0, 0.05) is 6.54 Å². The smallest absolute Gasteiger partial charge is 0.410 e. The van der Waals surface area contributed by atoms with Crippen molar-refractivity contribution in [2.75, 3.05) is 6.54 Å². The molecule has 1 fully saturated rings. The number of nitrogens with zero attached hydrogens (tertiary/aromatic N) is 2. The topological polar surface area (TPSA) is 82.4 Å². The molecule has 0 aromatic heterocycles. The predicted octanol–water partition coefficient (Wildman–Crippen LogP) is 1.80. The second-order valence-electron chi connectivity index (χ2n) is 6.53. The summed E-state index contributed by atoms with van der Waals surface area (Å²) in [7, 11) is 0. The maximum absolute atomic E-state index is 12.2. The molecule has 112 valence electrons. The minimum absolute atomic E-state index is 0.168. The van der Waals surface area contributed by atoms with Crippen molar-refractivity contribution in [3.05, 3.63) is 0 Å². The van der Waals surface area contributed by atoms with Gasteiger partial charge in [-0.05, 0) is 41.0 Å². The van der Waals surface area contributed by atoms with Crippen LogP contribution in [0.4, 0.5) is 4.79 Å². The van der Waals surface area contributed by atoms with Crippen molar-refractivity contribution >= 4 is 12.0 Å². The van der Waals surface area contributed by atoms with E-state index in [1.165, 1.54) is 0 Å². The number of nitriles is 1. The van der Waals surface area contributed by atoms with Crippen molar-refractivity contribution in [2.24, 2.45) is 0 Å². The van der Waals surface area contributed by atoms with E-state index in [1.807, 2.05) is 40.7 Å². The van der Waals surface area contributed by atoms with E-state index in [0.717, 1.165) is 0 Å². The SMILES string of the molecule is CC(C)(C)OC(=O)N1CC[C@H](NC(=O)CC#N)C1(C)C. The fraction of sp³-hybridized carbons (Fsp3) is 0.786. The number of hydrogen-bond acceptors (Lipinski definition) is 4. The van der Waals surface area contributed by atoms with Gasteiger partial charge in [0.2, 0.25) is 5.91 Å². The molecule has 0 saturated carbocycles. The van der Waals surface area contributed by atoms with Crippen LogP contribution in [-0.2, 0) is 9.53 Å². The third-order valence-corrected chi connectivity index (χ3v) is 3.38. The van der Waals surface area contributed by atoms with Gasteiger partial charge in [0.1, 0.15) is 12.0 Å². The van der Waals surface area contributed by atoms with Crippen LogP contribution in [0.3, 0.4) is 0 Å². The highest BCUT2D eigenvalue weighted by Crippen LogP contribution is 2.30. The molecule has 0 bridgehead atoms. The normalized spacial score (nSPS) is 21.2. The third-order valence-electron chi connectivity index (χ3n) is 3.38. The van der Waals surface area contributed by atoms with E-state index in [-0.39, 0.29) is 24.5 Å². The summed E-state index contributed by atoms with van der Waals surface area (Å²) >= 11 is 0. The second kappa shape index (κ2) is 5.70. The second-order valence-corrected chi connectivity index (χ2v) is 6.53. The van der Waals surface area contributed by atoms with Crippen molar-refractivity contribution in [1.82, 2.24) is 10.2 Å². The first-order chi connectivity index (χ1) is 9.08. The Balaban J connectivity index is 2.73. The van der Waals surface area contributed by atoms with E-state index >= 15 is 0 Å². The zero-order valence-corrected chi connectivity index (χ0v) is 12.8. The Labute approximate surface area is 120 Å². The van der Waals surface area contributed by atoms with Crippen molar-refractivity contribution in [2.45, 2.75) is 64.6 Å². The lowest BCUT2D eigenvalue weighted by atomic mass is 9.96. The number of hydrogen-bond donors (Lipinski definition) is 1. The molecular formula is C14H23N3O3. The Morgan fingerprint density at radius 2 is 2.05 bits per heavy atom. The summed E-state index contributed by atoms with van der Waals surface area (Å²) in [5.74, 6) is -0.309. The lowest BCUT2D eigenvalue weighted by Crippen LogP contribution is -2.54. The Bertz CT molecular complexity index is 432. The van der Waals surface area contributed by atoms with Crippen molar-refractivity contribution < 1.29 is 14.3 Å². The van der Waals surface area contributed by atoms with Crippen molar-refractivity contribution in [1.29, 1.82) is 5.26 Å². The fourth-order valence-corrected chi connectivity index (χ4v) is 2.30. The first kappa shape index (κ1) is 16.3. The van der Waals surface area contributed by atoms with Gasteiger partial charge in [-0.2, -0.15) is 5.26 Å². The van der Waals surface area contributed by atoms with Crippen LogP contribution in [0.1, 0.15) is 47.5 Å². The highest BCUT2D eigenvalue weighted by atomic mass is 16.6. The number of rotatable bonds is 2. The van der Waals surface area contributed by atoms with E-state index in [4.69, 9.17) is 10.00 Å². The fourth-order valence-electron chi connectivity index (χ4n) is 2.30. The van der Waals surface area contributed by atoms with E-state index in [2.05, 4.69) is 5.32 Å². The largest absolute Gasteiger partial charge is 0.444 e. The third kappa shape index (κ3) is 3.86. The van der Waals surface area contributed by atoms with Gasteiger partial charge in [0.25, 0.3) is 0 Å². The van der Waals surface area contributed by atoms with Gasteiger partial charge in [-0.15, -0.1) is 0 Å². The van der Waals surface area contributed by atoms with E-state index in [9.17, 15) is 9.59 Å². The molecule has 1 atom stereocenters. The van der Waals surface area contributed by atoms with Gasteiger partial charge >= 0.3 is 6.09 Å². The highest BCUT2D eigenvalue weighted by Gasteiger charge is 2.45. The Morgan fingerprint density at radius 3 is 2.55 bits per heavy atom. The average molecular weight is 281 g/mol. The molecule has 0 radical (unpaired) electrons. The van der Waals surface area contributed by atoms with Crippen LogP contribution < -0.4 is 5.32 Å². The number of ether oxygens (including phenoxy) is 1. The lowest BCUT2D eigenvalue weighted by molar-refractivity contribution is -0.121. The predicted molar refractivity (Wildman–Crippen MR) is 73.8 cm³/mol. The Hall–Kier alpha value is -1.77. The minimum atomic E-state index is -0.546. The molecule has 1 aliphatic rings. The molecule has 2 amide bonds. The molecule has 0 aromatic rings. The zero-order chi connectivity index (χ0) is 15.6. The summed E-state index contributed by atoms with van der Waals surface area (Å²) in [4.78, 5) is 25.3. The molecule has 6 nitrogen and oxygen atoms in total. The van der Waals surface area contributed by atoms with Crippen molar-refractivity contribution in [3.8, 4) is 6.07 Å². The van der Waals surface area contributed by atoms with E-state index in [1.54, 1.807) is 4.90 Å². The number of carbonyl (C=O) groups is 2. The van der Waals surface area contributed by atoms with Gasteiger partial charge in [-0.25, -0.2) is 4.79 Å². The molecule has 1 N–H and O–H groups in total. The van der Waals surface area contributed by atoms with Crippen LogP contribution in [0.25, 0.3) is 0 Å². The highest BCUT2D eigenvalue weighted by molar-refractivity contribution is 5.79. The van der Waals surface area contributed by atoms with Gasteiger partial charge < -0.3 is 15.0 Å². The zero-order valence-electron chi connectivity index (χ0n) is 12.8. The molecule has 6 heteroatoms. The maximum Gasteiger partial charge on any atom is 0.410 e. The first-order valence-corrected chi connectivity index (χ1v) is 6.75. The van der Waals surface area contributed by atoms with Crippen LogP contribution in [0, 0.1) is 11.3 Å². The summed E-state index contributed by atoms with van der Waals surface area (Å²) in [6.07, 6.45) is 0.113. The lowest BCUT2D eigenvalue weighted by Gasteiger charge is -2.36. The van der Waals surface area contributed by atoms with Crippen LogP contribution in [0.15, 0.2) is 0 Å². The summed E-state index contributed by atoms with van der Waals surface area (Å²) in [6.45, 7) is 9.77. The average Bonchev–Trinajstić information content (AvgIpc) is 2.52. The quantitative estimate of drug-likeness (QED) is 0.836. The Morgan fingerprint density at radius 1 is 1.45 bits per heavy atom. The van der Waals surface area contributed by atoms with Crippen LogP contribution in [-0.4, -0.2) is 40.6 Å². The van der Waals surface area contributed by atoms with Crippen LogP contribution in [0.5, 0.6) is 0 Å². The molecule has 20 heavy (non-hydrogen) atoms. The van der Waals surface area contributed by atoms with Gasteiger partial charge in [0.05, 0.1) is 17.6 Å². The number of likely N-dealkylation sites (tertiary alicyclic amines) is 1. The van der Waals surface area contributed by atoms with Gasteiger partial charge in [-0.3, -0.25) is 4.79 Å². The molecule has 1 heterocycles. The molecule has 1 aliphatic heterocycles. The number of nitrogens with one attached hydrogen (secondary N) is 1. The molecule has 1 rings (SSSR count). The molecule has 0 aliphatic carbocycles. The summed E-state index contributed by atoms with van der Waals surface area (Å²) in [5.41, 5.74) is -1.08. The summed E-state index contributed by atoms with van der Waals surface area (Å²) in [6, 6.07) is 1.65. The first-order valence-electron chi connectivity index (χ1n) is 6.75. The van der Waals surface area contributed by atoms with Crippen LogP contribution in [0.2, 0.25) is 0 Å². The maximum atomic E-state index is 12.2. The minimum Gasteiger partial charge on any atom is -0.444 e.